The van der Waals surface area contributed by atoms with Crippen molar-refractivity contribution in [2.45, 2.75) is 40.2 Å². The fourth-order valence-corrected chi connectivity index (χ4v) is 2.86. The zero-order valence-corrected chi connectivity index (χ0v) is 12.3. The molecule has 0 amide bonds. The molecule has 1 unspecified atom stereocenters. The van der Waals surface area contributed by atoms with Crippen LogP contribution in [0.1, 0.15) is 32.9 Å². The molecule has 1 aromatic rings. The van der Waals surface area contributed by atoms with E-state index in [-0.39, 0.29) is 5.41 Å². The van der Waals surface area contributed by atoms with Gasteiger partial charge in [0.15, 0.2) is 5.17 Å². The number of hydrogen-bond donors (Lipinski definition) is 1. The van der Waals surface area contributed by atoms with Crippen LogP contribution in [-0.4, -0.2) is 21.9 Å². The Hall–Kier alpha value is -1.03. The van der Waals surface area contributed by atoms with E-state index in [4.69, 9.17) is 4.99 Å². The van der Waals surface area contributed by atoms with Gasteiger partial charge in [-0.25, -0.2) is 0 Å². The van der Waals surface area contributed by atoms with Gasteiger partial charge in [0.25, 0.3) is 0 Å². The van der Waals surface area contributed by atoms with Gasteiger partial charge < -0.3 is 5.32 Å². The fourth-order valence-electron chi connectivity index (χ4n) is 1.94. The van der Waals surface area contributed by atoms with E-state index in [1.165, 1.54) is 0 Å². The van der Waals surface area contributed by atoms with Crippen LogP contribution >= 0.6 is 11.8 Å². The van der Waals surface area contributed by atoms with E-state index >= 15 is 0 Å². The SMILES string of the molecule is Cc1ncccc1NC1=NC(C(C)(C)C)CCS1. The molecule has 0 aromatic carbocycles. The number of anilines is 1. The van der Waals surface area contributed by atoms with Crippen LogP contribution < -0.4 is 5.32 Å². The van der Waals surface area contributed by atoms with Crippen molar-refractivity contribution in [2.24, 2.45) is 10.4 Å². The van der Waals surface area contributed by atoms with Gasteiger partial charge in [0, 0.05) is 11.9 Å². The Kier molecular flexibility index (Phi) is 3.95. The van der Waals surface area contributed by atoms with E-state index < -0.39 is 0 Å². The van der Waals surface area contributed by atoms with Gasteiger partial charge in [0.1, 0.15) is 0 Å². The van der Waals surface area contributed by atoms with E-state index in [2.05, 4.69) is 31.1 Å². The molecular formula is C14H21N3S. The number of aromatic nitrogens is 1. The van der Waals surface area contributed by atoms with Gasteiger partial charge in [-0.2, -0.15) is 0 Å². The minimum atomic E-state index is 0.234. The van der Waals surface area contributed by atoms with Crippen LogP contribution in [0.15, 0.2) is 23.3 Å². The third kappa shape index (κ3) is 3.25. The van der Waals surface area contributed by atoms with Gasteiger partial charge in [-0.3, -0.25) is 9.98 Å². The van der Waals surface area contributed by atoms with Gasteiger partial charge in [-0.1, -0.05) is 32.5 Å². The summed E-state index contributed by atoms with van der Waals surface area (Å²) in [5.41, 5.74) is 2.30. The summed E-state index contributed by atoms with van der Waals surface area (Å²) in [6.07, 6.45) is 2.97. The van der Waals surface area contributed by atoms with Crippen molar-refractivity contribution in [3.05, 3.63) is 24.0 Å². The van der Waals surface area contributed by atoms with E-state index in [9.17, 15) is 0 Å². The first-order valence-electron chi connectivity index (χ1n) is 6.36. The molecule has 3 nitrogen and oxygen atoms in total. The molecular weight excluding hydrogens is 242 g/mol. The first kappa shape index (κ1) is 13.4. The maximum Gasteiger partial charge on any atom is 0.161 e. The highest BCUT2D eigenvalue weighted by molar-refractivity contribution is 8.14. The van der Waals surface area contributed by atoms with Crippen molar-refractivity contribution < 1.29 is 0 Å². The number of nitrogens with zero attached hydrogens (tertiary/aromatic N) is 2. The third-order valence-electron chi connectivity index (χ3n) is 3.15. The zero-order valence-electron chi connectivity index (χ0n) is 11.5. The van der Waals surface area contributed by atoms with Crippen molar-refractivity contribution in [3.63, 3.8) is 0 Å². The van der Waals surface area contributed by atoms with Crippen molar-refractivity contribution >= 4 is 22.6 Å². The van der Waals surface area contributed by atoms with Crippen LogP contribution in [0.25, 0.3) is 0 Å². The average Bonchev–Trinajstić information content (AvgIpc) is 2.31. The lowest BCUT2D eigenvalue weighted by atomic mass is 9.85. The minimum absolute atomic E-state index is 0.234. The summed E-state index contributed by atoms with van der Waals surface area (Å²) in [6.45, 7) is 8.77. The Morgan fingerprint density at radius 1 is 1.39 bits per heavy atom. The van der Waals surface area contributed by atoms with E-state index in [0.717, 1.165) is 28.7 Å². The van der Waals surface area contributed by atoms with Gasteiger partial charge in [-0.15, -0.1) is 0 Å². The predicted molar refractivity (Wildman–Crippen MR) is 80.3 cm³/mol. The lowest BCUT2D eigenvalue weighted by molar-refractivity contribution is 0.316. The van der Waals surface area contributed by atoms with Crippen LogP contribution in [0.3, 0.4) is 0 Å². The summed E-state index contributed by atoms with van der Waals surface area (Å²) >= 11 is 1.80. The molecule has 0 spiro atoms. The number of pyridine rings is 1. The van der Waals surface area contributed by atoms with E-state index in [1.807, 2.05) is 25.3 Å². The molecule has 4 heteroatoms. The first-order chi connectivity index (χ1) is 8.47. The van der Waals surface area contributed by atoms with Crippen molar-refractivity contribution in [2.75, 3.05) is 11.1 Å². The predicted octanol–water partition coefficient (Wildman–Crippen LogP) is 3.71. The molecule has 2 heterocycles. The lowest BCUT2D eigenvalue weighted by Gasteiger charge is -2.31. The first-order valence-corrected chi connectivity index (χ1v) is 7.34. The highest BCUT2D eigenvalue weighted by Gasteiger charge is 2.27. The summed E-state index contributed by atoms with van der Waals surface area (Å²) in [6, 6.07) is 4.40. The number of aryl methyl sites for hydroxylation is 1. The van der Waals surface area contributed by atoms with E-state index in [0.29, 0.717) is 6.04 Å². The molecule has 0 fully saturated rings. The maximum atomic E-state index is 4.83. The van der Waals surface area contributed by atoms with Crippen LogP contribution in [-0.2, 0) is 0 Å². The molecule has 1 aliphatic heterocycles. The van der Waals surface area contributed by atoms with Crippen LogP contribution in [0.5, 0.6) is 0 Å². The Balaban J connectivity index is 2.14. The second kappa shape index (κ2) is 5.31. The van der Waals surface area contributed by atoms with Crippen LogP contribution in [0, 0.1) is 12.3 Å². The molecule has 98 valence electrons. The monoisotopic (exact) mass is 263 g/mol. The number of amidine groups is 1. The van der Waals surface area contributed by atoms with Gasteiger partial charge in [0.05, 0.1) is 17.4 Å². The Morgan fingerprint density at radius 2 is 2.17 bits per heavy atom. The Labute approximate surface area is 113 Å². The highest BCUT2D eigenvalue weighted by Crippen LogP contribution is 2.31. The average molecular weight is 263 g/mol. The second-order valence-electron chi connectivity index (χ2n) is 5.71. The quantitative estimate of drug-likeness (QED) is 0.839. The number of rotatable bonds is 1. The summed E-state index contributed by atoms with van der Waals surface area (Å²) in [7, 11) is 0. The van der Waals surface area contributed by atoms with Crippen molar-refractivity contribution in [1.82, 2.24) is 4.98 Å². The molecule has 2 rings (SSSR count). The molecule has 0 bridgehead atoms. The van der Waals surface area contributed by atoms with Gasteiger partial charge in [-0.05, 0) is 30.9 Å². The Bertz CT molecular complexity index is 449. The largest absolute Gasteiger partial charge is 0.333 e. The summed E-state index contributed by atoms with van der Waals surface area (Å²) in [5, 5.41) is 4.43. The molecule has 0 saturated carbocycles. The Morgan fingerprint density at radius 3 is 2.83 bits per heavy atom. The molecule has 1 N–H and O–H groups in total. The smallest absolute Gasteiger partial charge is 0.161 e. The summed E-state index contributed by atoms with van der Waals surface area (Å²) in [4.78, 5) is 9.12. The van der Waals surface area contributed by atoms with Gasteiger partial charge in [0.2, 0.25) is 0 Å². The third-order valence-corrected chi connectivity index (χ3v) is 4.07. The summed E-state index contributed by atoms with van der Waals surface area (Å²) < 4.78 is 0. The van der Waals surface area contributed by atoms with Crippen molar-refractivity contribution in [1.29, 1.82) is 0 Å². The molecule has 1 aromatic heterocycles. The van der Waals surface area contributed by atoms with Gasteiger partial charge >= 0.3 is 0 Å². The zero-order chi connectivity index (χ0) is 13.2. The highest BCUT2D eigenvalue weighted by atomic mass is 32.2. The lowest BCUT2D eigenvalue weighted by Crippen LogP contribution is -2.30. The van der Waals surface area contributed by atoms with Crippen molar-refractivity contribution in [3.8, 4) is 0 Å². The molecule has 1 aliphatic rings. The van der Waals surface area contributed by atoms with E-state index in [1.54, 1.807) is 11.8 Å². The molecule has 0 aliphatic carbocycles. The summed E-state index contributed by atoms with van der Waals surface area (Å²) in [5.74, 6) is 1.13. The molecule has 18 heavy (non-hydrogen) atoms. The standard InChI is InChI=1S/C14H21N3S/c1-10-11(6-5-8-15-10)16-13-17-12(7-9-18-13)14(2,3)4/h5-6,8,12H,7,9H2,1-4H3,(H,16,17). The maximum absolute atomic E-state index is 4.83. The topological polar surface area (TPSA) is 37.3 Å². The fraction of sp³-hybridized carbons (Fsp3) is 0.571. The molecule has 0 saturated heterocycles. The molecule has 1 atom stereocenters. The van der Waals surface area contributed by atoms with Crippen LogP contribution in [0.2, 0.25) is 0 Å². The second-order valence-corrected chi connectivity index (χ2v) is 6.80. The number of hydrogen-bond acceptors (Lipinski definition) is 4. The van der Waals surface area contributed by atoms with Crippen LogP contribution in [0.4, 0.5) is 5.69 Å². The number of aliphatic imine (C=N–C) groups is 1. The number of nitrogens with one attached hydrogen (secondary N) is 1. The number of thioether (sulfide) groups is 1. The minimum Gasteiger partial charge on any atom is -0.333 e. The normalized spacial score (nSPS) is 20.4. The molecule has 0 radical (unpaired) electrons.